The molecular weight excluding hydrogens is 357 g/mol. The zero-order chi connectivity index (χ0) is 19.3. The highest BCUT2D eigenvalue weighted by molar-refractivity contribution is 7.87. The van der Waals surface area contributed by atoms with Gasteiger partial charge in [0.25, 0.3) is 0 Å². The minimum absolute atomic E-state index is 0.0158. The third-order valence-electron chi connectivity index (χ3n) is 3.64. The van der Waals surface area contributed by atoms with E-state index in [0.717, 1.165) is 29.8 Å². The van der Waals surface area contributed by atoms with Crippen LogP contribution in [-0.2, 0) is 21.5 Å². The maximum atomic E-state index is 12.9. The lowest BCUT2D eigenvalue weighted by Gasteiger charge is -2.23. The Morgan fingerprint density at radius 1 is 1.08 bits per heavy atom. The van der Waals surface area contributed by atoms with Gasteiger partial charge in [0.2, 0.25) is 5.91 Å². The van der Waals surface area contributed by atoms with E-state index in [9.17, 15) is 17.6 Å². The number of carbonyl (C=O) groups is 1. The molecule has 2 aromatic rings. The van der Waals surface area contributed by atoms with Crippen LogP contribution in [-0.4, -0.2) is 25.8 Å². The molecule has 0 saturated heterocycles. The Balaban J connectivity index is 2.09. The van der Waals surface area contributed by atoms with Crippen molar-refractivity contribution in [2.45, 2.75) is 32.2 Å². The van der Waals surface area contributed by atoms with Crippen molar-refractivity contribution in [3.8, 4) is 5.75 Å². The highest BCUT2D eigenvalue weighted by Crippen LogP contribution is 2.20. The minimum atomic E-state index is -4.03. The molecule has 2 aromatic carbocycles. The van der Waals surface area contributed by atoms with Gasteiger partial charge in [-0.1, -0.05) is 26.0 Å². The van der Waals surface area contributed by atoms with E-state index < -0.39 is 15.9 Å². The number of nitrogens with zero attached hydrogens (tertiary/aromatic N) is 1. The van der Waals surface area contributed by atoms with Crippen LogP contribution in [0.1, 0.15) is 26.3 Å². The van der Waals surface area contributed by atoms with Crippen LogP contribution < -0.4 is 4.18 Å². The summed E-state index contributed by atoms with van der Waals surface area (Å²) in [6.07, 6.45) is 0. The number of carbonyl (C=O) groups excluding carboxylic acids is 1. The molecule has 0 atom stereocenters. The summed E-state index contributed by atoms with van der Waals surface area (Å²) in [5.74, 6) is -0.0405. The lowest BCUT2D eigenvalue weighted by molar-refractivity contribution is -0.130. The molecule has 0 radical (unpaired) electrons. The SMILES string of the molecule is CC(=O)N(Cc1ccc(OS(=O)(=O)c2ccc(F)cc2)cc1)CC(C)C. The second-order valence-corrected chi connectivity index (χ2v) is 7.98. The van der Waals surface area contributed by atoms with Gasteiger partial charge in [-0.05, 0) is 47.9 Å². The van der Waals surface area contributed by atoms with Gasteiger partial charge in [-0.2, -0.15) is 8.42 Å². The molecule has 0 aliphatic heterocycles. The molecular formula is C19H22FNO4S. The Morgan fingerprint density at radius 2 is 1.65 bits per heavy atom. The van der Waals surface area contributed by atoms with E-state index in [1.54, 1.807) is 17.0 Å². The van der Waals surface area contributed by atoms with E-state index in [1.807, 2.05) is 13.8 Å². The summed E-state index contributed by atoms with van der Waals surface area (Å²) in [7, 11) is -4.03. The third-order valence-corrected chi connectivity index (χ3v) is 4.90. The highest BCUT2D eigenvalue weighted by atomic mass is 32.2. The molecule has 0 aliphatic carbocycles. The van der Waals surface area contributed by atoms with Gasteiger partial charge in [-0.15, -0.1) is 0 Å². The second kappa shape index (κ2) is 8.31. The highest BCUT2D eigenvalue weighted by Gasteiger charge is 2.17. The molecule has 26 heavy (non-hydrogen) atoms. The molecule has 5 nitrogen and oxygen atoms in total. The minimum Gasteiger partial charge on any atom is -0.379 e. The summed E-state index contributed by atoms with van der Waals surface area (Å²) < 4.78 is 42.4. The fourth-order valence-corrected chi connectivity index (χ4v) is 3.32. The fourth-order valence-electron chi connectivity index (χ4n) is 2.39. The smallest absolute Gasteiger partial charge is 0.339 e. The Morgan fingerprint density at radius 3 is 2.15 bits per heavy atom. The van der Waals surface area contributed by atoms with Crippen molar-refractivity contribution in [3.05, 3.63) is 59.9 Å². The zero-order valence-corrected chi connectivity index (χ0v) is 15.8. The van der Waals surface area contributed by atoms with Crippen molar-refractivity contribution in [2.24, 2.45) is 5.92 Å². The first kappa shape index (κ1) is 19.9. The lowest BCUT2D eigenvalue weighted by atomic mass is 10.1. The Labute approximate surface area is 153 Å². The number of rotatable bonds is 7. The lowest BCUT2D eigenvalue weighted by Crippen LogP contribution is -2.31. The van der Waals surface area contributed by atoms with Crippen molar-refractivity contribution < 1.29 is 21.8 Å². The van der Waals surface area contributed by atoms with Crippen LogP contribution in [0.5, 0.6) is 5.75 Å². The van der Waals surface area contributed by atoms with Crippen LogP contribution in [0.2, 0.25) is 0 Å². The summed E-state index contributed by atoms with van der Waals surface area (Å²) >= 11 is 0. The average Bonchev–Trinajstić information content (AvgIpc) is 2.55. The normalized spacial score (nSPS) is 11.4. The number of hydrogen-bond donors (Lipinski definition) is 0. The topological polar surface area (TPSA) is 63.7 Å². The maximum absolute atomic E-state index is 12.9. The Kier molecular flexibility index (Phi) is 6.37. The summed E-state index contributed by atoms with van der Waals surface area (Å²) in [6.45, 7) is 6.68. The fraction of sp³-hybridized carbons (Fsp3) is 0.316. The van der Waals surface area contributed by atoms with Crippen LogP contribution in [0.4, 0.5) is 4.39 Å². The molecule has 0 unspecified atom stereocenters. The molecule has 0 fully saturated rings. The van der Waals surface area contributed by atoms with Crippen LogP contribution in [0.25, 0.3) is 0 Å². The molecule has 0 spiro atoms. The molecule has 0 bridgehead atoms. The van der Waals surface area contributed by atoms with E-state index in [4.69, 9.17) is 4.18 Å². The Hall–Kier alpha value is -2.41. The van der Waals surface area contributed by atoms with Crippen molar-refractivity contribution >= 4 is 16.0 Å². The van der Waals surface area contributed by atoms with Gasteiger partial charge in [0.05, 0.1) is 0 Å². The maximum Gasteiger partial charge on any atom is 0.339 e. The van der Waals surface area contributed by atoms with E-state index in [0.29, 0.717) is 19.0 Å². The van der Waals surface area contributed by atoms with E-state index in [1.165, 1.54) is 19.1 Å². The number of amides is 1. The van der Waals surface area contributed by atoms with Crippen LogP contribution >= 0.6 is 0 Å². The van der Waals surface area contributed by atoms with Gasteiger partial charge in [0.15, 0.2) is 0 Å². The van der Waals surface area contributed by atoms with Crippen molar-refractivity contribution in [1.29, 1.82) is 0 Å². The largest absolute Gasteiger partial charge is 0.379 e. The predicted octanol–water partition coefficient (Wildman–Crippen LogP) is 3.60. The zero-order valence-electron chi connectivity index (χ0n) is 15.0. The molecule has 0 N–H and O–H groups in total. The molecule has 0 aromatic heterocycles. The van der Waals surface area contributed by atoms with Crippen molar-refractivity contribution in [2.75, 3.05) is 6.54 Å². The van der Waals surface area contributed by atoms with Crippen LogP contribution in [0.3, 0.4) is 0 Å². The summed E-state index contributed by atoms with van der Waals surface area (Å²) in [5, 5.41) is 0. The molecule has 140 valence electrons. The number of benzene rings is 2. The molecule has 1 amide bonds. The van der Waals surface area contributed by atoms with Gasteiger partial charge in [0, 0.05) is 20.0 Å². The van der Waals surface area contributed by atoms with Gasteiger partial charge in [-0.25, -0.2) is 4.39 Å². The monoisotopic (exact) mass is 379 g/mol. The van der Waals surface area contributed by atoms with Gasteiger partial charge in [-0.3, -0.25) is 4.79 Å². The first-order valence-electron chi connectivity index (χ1n) is 8.22. The average molecular weight is 379 g/mol. The number of hydrogen-bond acceptors (Lipinski definition) is 4. The molecule has 0 heterocycles. The molecule has 2 rings (SSSR count). The first-order chi connectivity index (χ1) is 12.2. The van der Waals surface area contributed by atoms with E-state index in [2.05, 4.69) is 0 Å². The van der Waals surface area contributed by atoms with E-state index >= 15 is 0 Å². The quantitative estimate of drug-likeness (QED) is 0.690. The summed E-state index contributed by atoms with van der Waals surface area (Å²) in [5.41, 5.74) is 0.868. The van der Waals surface area contributed by atoms with Crippen LogP contribution in [0, 0.1) is 11.7 Å². The van der Waals surface area contributed by atoms with Crippen molar-refractivity contribution in [3.63, 3.8) is 0 Å². The second-order valence-electron chi connectivity index (χ2n) is 6.43. The Bertz CT molecular complexity index is 846. The van der Waals surface area contributed by atoms with E-state index in [-0.39, 0.29) is 16.6 Å². The van der Waals surface area contributed by atoms with Gasteiger partial charge >= 0.3 is 10.1 Å². The third kappa shape index (κ3) is 5.56. The summed E-state index contributed by atoms with van der Waals surface area (Å²) in [6, 6.07) is 10.9. The number of halogens is 1. The predicted molar refractivity (Wildman–Crippen MR) is 96.6 cm³/mol. The van der Waals surface area contributed by atoms with Gasteiger partial charge < -0.3 is 9.08 Å². The van der Waals surface area contributed by atoms with Crippen molar-refractivity contribution in [1.82, 2.24) is 4.90 Å². The van der Waals surface area contributed by atoms with Gasteiger partial charge in [0.1, 0.15) is 16.5 Å². The standard InChI is InChI=1S/C19H22FNO4S/c1-14(2)12-21(15(3)22)13-16-4-8-18(9-5-16)25-26(23,24)19-10-6-17(20)7-11-19/h4-11,14H,12-13H2,1-3H3. The molecule has 0 aliphatic rings. The molecule has 0 saturated carbocycles. The van der Waals surface area contributed by atoms with Crippen LogP contribution in [0.15, 0.2) is 53.4 Å². The molecule has 7 heteroatoms. The summed E-state index contributed by atoms with van der Waals surface area (Å²) in [4.78, 5) is 13.3. The first-order valence-corrected chi connectivity index (χ1v) is 9.62.